The summed E-state index contributed by atoms with van der Waals surface area (Å²) in [4.78, 5) is 0. The molecular weight excluding hydrogens is 148 g/mol. The van der Waals surface area contributed by atoms with Gasteiger partial charge in [0.15, 0.2) is 0 Å². The van der Waals surface area contributed by atoms with Crippen LogP contribution in [-0.4, -0.2) is 19.1 Å². The summed E-state index contributed by atoms with van der Waals surface area (Å²) in [5, 5.41) is 0. The van der Waals surface area contributed by atoms with E-state index in [1.165, 1.54) is 12.8 Å². The summed E-state index contributed by atoms with van der Waals surface area (Å²) in [6, 6.07) is 0. The first-order valence-electron chi connectivity index (χ1n) is 3.96. The lowest BCUT2D eigenvalue weighted by atomic mass is 9.97. The van der Waals surface area contributed by atoms with E-state index in [-0.39, 0.29) is 0 Å². The SMILES string of the molecule is CC(CCl)CC1CCOC1. The number of hydrogen-bond donors (Lipinski definition) is 0. The largest absolute Gasteiger partial charge is 0.381 e. The summed E-state index contributed by atoms with van der Waals surface area (Å²) < 4.78 is 5.26. The fraction of sp³-hybridized carbons (Fsp3) is 1.00. The molecule has 0 aliphatic carbocycles. The van der Waals surface area contributed by atoms with Gasteiger partial charge in [-0.15, -0.1) is 11.6 Å². The van der Waals surface area contributed by atoms with Crippen LogP contribution in [0.4, 0.5) is 0 Å². The van der Waals surface area contributed by atoms with E-state index in [2.05, 4.69) is 6.92 Å². The van der Waals surface area contributed by atoms with Crippen LogP contribution in [-0.2, 0) is 4.74 Å². The minimum absolute atomic E-state index is 0.661. The Morgan fingerprint density at radius 1 is 1.70 bits per heavy atom. The zero-order valence-electron chi connectivity index (χ0n) is 6.48. The molecule has 0 radical (unpaired) electrons. The zero-order valence-corrected chi connectivity index (χ0v) is 7.23. The monoisotopic (exact) mass is 162 g/mol. The molecule has 0 aromatic rings. The summed E-state index contributed by atoms with van der Waals surface area (Å²) in [6.45, 7) is 4.12. The molecule has 0 bridgehead atoms. The third-order valence-electron chi connectivity index (χ3n) is 2.02. The fourth-order valence-corrected chi connectivity index (χ4v) is 1.53. The molecule has 1 rings (SSSR count). The smallest absolute Gasteiger partial charge is 0.0495 e. The Hall–Kier alpha value is 0.250. The van der Waals surface area contributed by atoms with Gasteiger partial charge in [-0.3, -0.25) is 0 Å². The van der Waals surface area contributed by atoms with Crippen molar-refractivity contribution < 1.29 is 4.74 Å². The standard InChI is InChI=1S/C8H15ClO/c1-7(5-9)4-8-2-3-10-6-8/h7-8H,2-6H2,1H3. The van der Waals surface area contributed by atoms with Crippen LogP contribution in [0.1, 0.15) is 19.8 Å². The highest BCUT2D eigenvalue weighted by molar-refractivity contribution is 6.18. The molecule has 0 amide bonds. The molecule has 2 unspecified atom stereocenters. The Balaban J connectivity index is 2.11. The van der Waals surface area contributed by atoms with Crippen molar-refractivity contribution in [2.45, 2.75) is 19.8 Å². The predicted molar refractivity (Wildman–Crippen MR) is 43.4 cm³/mol. The van der Waals surface area contributed by atoms with Crippen LogP contribution in [0.25, 0.3) is 0 Å². The van der Waals surface area contributed by atoms with E-state index >= 15 is 0 Å². The first kappa shape index (κ1) is 8.35. The average Bonchev–Trinajstić information content (AvgIpc) is 2.40. The van der Waals surface area contributed by atoms with Gasteiger partial charge in [0.25, 0.3) is 0 Å². The summed E-state index contributed by atoms with van der Waals surface area (Å²) in [5.74, 6) is 2.23. The fourth-order valence-electron chi connectivity index (χ4n) is 1.40. The van der Waals surface area contributed by atoms with Crippen molar-refractivity contribution in [3.05, 3.63) is 0 Å². The lowest BCUT2D eigenvalue weighted by Crippen LogP contribution is -2.06. The van der Waals surface area contributed by atoms with Crippen LogP contribution in [0.15, 0.2) is 0 Å². The van der Waals surface area contributed by atoms with Crippen molar-refractivity contribution in [1.82, 2.24) is 0 Å². The second-order valence-corrected chi connectivity index (χ2v) is 3.53. The molecule has 0 spiro atoms. The molecule has 0 saturated carbocycles. The van der Waals surface area contributed by atoms with Gasteiger partial charge in [-0.1, -0.05) is 6.92 Å². The molecule has 2 heteroatoms. The maximum atomic E-state index is 5.69. The number of rotatable bonds is 3. The molecule has 2 atom stereocenters. The molecule has 10 heavy (non-hydrogen) atoms. The molecule has 1 nitrogen and oxygen atoms in total. The Morgan fingerprint density at radius 2 is 2.50 bits per heavy atom. The van der Waals surface area contributed by atoms with Crippen molar-refractivity contribution in [2.24, 2.45) is 11.8 Å². The molecule has 1 saturated heterocycles. The number of ether oxygens (including phenoxy) is 1. The minimum Gasteiger partial charge on any atom is -0.381 e. The Morgan fingerprint density at radius 3 is 3.00 bits per heavy atom. The molecule has 0 aromatic carbocycles. The van der Waals surface area contributed by atoms with E-state index in [1.54, 1.807) is 0 Å². The first-order valence-corrected chi connectivity index (χ1v) is 4.50. The van der Waals surface area contributed by atoms with Gasteiger partial charge in [-0.2, -0.15) is 0 Å². The Labute approximate surface area is 67.7 Å². The van der Waals surface area contributed by atoms with Gasteiger partial charge in [-0.25, -0.2) is 0 Å². The molecule has 0 N–H and O–H groups in total. The molecule has 1 fully saturated rings. The van der Waals surface area contributed by atoms with Gasteiger partial charge in [-0.05, 0) is 24.7 Å². The predicted octanol–water partition coefficient (Wildman–Crippen LogP) is 2.29. The Bertz CT molecular complexity index is 89.3. The topological polar surface area (TPSA) is 9.23 Å². The second-order valence-electron chi connectivity index (χ2n) is 3.22. The van der Waals surface area contributed by atoms with Crippen LogP contribution >= 0.6 is 11.6 Å². The highest BCUT2D eigenvalue weighted by Gasteiger charge is 2.17. The third kappa shape index (κ3) is 2.47. The van der Waals surface area contributed by atoms with Crippen LogP contribution in [0, 0.1) is 11.8 Å². The molecule has 60 valence electrons. The molecule has 0 aromatic heterocycles. The van der Waals surface area contributed by atoms with Crippen molar-refractivity contribution in [3.63, 3.8) is 0 Å². The highest BCUT2D eigenvalue weighted by atomic mass is 35.5. The molecule has 1 aliphatic heterocycles. The summed E-state index contributed by atoms with van der Waals surface area (Å²) in [5.41, 5.74) is 0. The normalized spacial score (nSPS) is 28.8. The van der Waals surface area contributed by atoms with Gasteiger partial charge in [0.05, 0.1) is 0 Å². The van der Waals surface area contributed by atoms with E-state index in [4.69, 9.17) is 16.3 Å². The van der Waals surface area contributed by atoms with E-state index in [0.29, 0.717) is 5.92 Å². The second kappa shape index (κ2) is 4.20. The van der Waals surface area contributed by atoms with Gasteiger partial charge >= 0.3 is 0 Å². The summed E-state index contributed by atoms with van der Waals surface area (Å²) >= 11 is 5.69. The summed E-state index contributed by atoms with van der Waals surface area (Å²) in [6.07, 6.45) is 2.48. The third-order valence-corrected chi connectivity index (χ3v) is 2.55. The van der Waals surface area contributed by atoms with E-state index in [1.807, 2.05) is 0 Å². The summed E-state index contributed by atoms with van der Waals surface area (Å²) in [7, 11) is 0. The zero-order chi connectivity index (χ0) is 7.40. The highest BCUT2D eigenvalue weighted by Crippen LogP contribution is 2.21. The van der Waals surface area contributed by atoms with Crippen LogP contribution in [0.5, 0.6) is 0 Å². The number of hydrogen-bond acceptors (Lipinski definition) is 1. The van der Waals surface area contributed by atoms with E-state index < -0.39 is 0 Å². The van der Waals surface area contributed by atoms with Crippen LogP contribution < -0.4 is 0 Å². The van der Waals surface area contributed by atoms with E-state index in [0.717, 1.165) is 25.0 Å². The lowest BCUT2D eigenvalue weighted by Gasteiger charge is -2.11. The van der Waals surface area contributed by atoms with Gasteiger partial charge in [0.1, 0.15) is 0 Å². The molecular formula is C8H15ClO. The maximum absolute atomic E-state index is 5.69. The number of halogens is 1. The average molecular weight is 163 g/mol. The first-order chi connectivity index (χ1) is 4.83. The molecule has 1 heterocycles. The maximum Gasteiger partial charge on any atom is 0.0495 e. The Kier molecular flexibility index (Phi) is 3.50. The molecule has 1 aliphatic rings. The van der Waals surface area contributed by atoms with Crippen molar-refractivity contribution in [2.75, 3.05) is 19.1 Å². The number of alkyl halides is 1. The van der Waals surface area contributed by atoms with E-state index in [9.17, 15) is 0 Å². The van der Waals surface area contributed by atoms with Crippen LogP contribution in [0.2, 0.25) is 0 Å². The van der Waals surface area contributed by atoms with Crippen molar-refractivity contribution in [1.29, 1.82) is 0 Å². The van der Waals surface area contributed by atoms with Gasteiger partial charge < -0.3 is 4.74 Å². The van der Waals surface area contributed by atoms with Gasteiger partial charge in [0.2, 0.25) is 0 Å². The lowest BCUT2D eigenvalue weighted by molar-refractivity contribution is 0.181. The van der Waals surface area contributed by atoms with Crippen LogP contribution in [0.3, 0.4) is 0 Å². The van der Waals surface area contributed by atoms with Crippen molar-refractivity contribution in [3.8, 4) is 0 Å². The minimum atomic E-state index is 0.661. The van der Waals surface area contributed by atoms with Crippen molar-refractivity contribution >= 4 is 11.6 Å². The van der Waals surface area contributed by atoms with Gasteiger partial charge in [0, 0.05) is 19.1 Å². The quantitative estimate of drug-likeness (QED) is 0.579.